The average molecular weight is 188 g/mol. The van der Waals surface area contributed by atoms with Gasteiger partial charge in [0.1, 0.15) is 0 Å². The van der Waals surface area contributed by atoms with E-state index in [1.807, 2.05) is 0 Å². The quantitative estimate of drug-likeness (QED) is 0.559. The highest BCUT2D eigenvalue weighted by Crippen LogP contribution is 2.43. The third-order valence-electron chi connectivity index (χ3n) is 3.04. The maximum atomic E-state index is 11.5. The van der Waals surface area contributed by atoms with Crippen molar-refractivity contribution in [1.82, 2.24) is 9.97 Å². The molecule has 2 unspecified atom stereocenters. The van der Waals surface area contributed by atoms with Crippen molar-refractivity contribution in [1.29, 1.82) is 0 Å². The van der Waals surface area contributed by atoms with Gasteiger partial charge in [-0.25, -0.2) is 0 Å². The molecule has 1 heterocycles. The highest BCUT2D eigenvalue weighted by atomic mass is 16.2. The highest BCUT2D eigenvalue weighted by molar-refractivity contribution is 6.42. The summed E-state index contributed by atoms with van der Waals surface area (Å²) in [5.41, 5.74) is 1.46. The van der Waals surface area contributed by atoms with Gasteiger partial charge >= 0.3 is 0 Å². The van der Waals surface area contributed by atoms with Crippen LogP contribution >= 0.6 is 0 Å². The van der Waals surface area contributed by atoms with Gasteiger partial charge in [-0.3, -0.25) is 19.6 Å². The lowest BCUT2D eigenvalue weighted by atomic mass is 9.69. The summed E-state index contributed by atoms with van der Waals surface area (Å²) in [7, 11) is 0. The van der Waals surface area contributed by atoms with E-state index in [9.17, 15) is 9.59 Å². The number of hydrogen-bond donors (Lipinski definition) is 0. The van der Waals surface area contributed by atoms with Crippen molar-refractivity contribution in [2.75, 3.05) is 0 Å². The van der Waals surface area contributed by atoms with Crippen LogP contribution in [0.1, 0.15) is 36.1 Å². The average Bonchev–Trinajstić information content (AvgIpc) is 2.24. The summed E-state index contributed by atoms with van der Waals surface area (Å²) in [4.78, 5) is 31.4. The van der Waals surface area contributed by atoms with Crippen LogP contribution in [0, 0.1) is 0 Å². The van der Waals surface area contributed by atoms with E-state index in [-0.39, 0.29) is 23.4 Å². The molecule has 0 N–H and O–H groups in total. The predicted octanol–water partition coefficient (Wildman–Crippen LogP) is 0.589. The Bertz CT molecular complexity index is 401. The SMILES string of the molecule is O=C1C(=O)C2CCC1c1nccnc12. The number of ketones is 2. The van der Waals surface area contributed by atoms with E-state index in [4.69, 9.17) is 0 Å². The second kappa shape index (κ2) is 2.47. The number of aromatic nitrogens is 2. The summed E-state index contributed by atoms with van der Waals surface area (Å²) in [6.07, 6.45) is 4.66. The van der Waals surface area contributed by atoms with Crippen LogP contribution in [0.5, 0.6) is 0 Å². The third-order valence-corrected chi connectivity index (χ3v) is 3.04. The van der Waals surface area contributed by atoms with Crippen molar-refractivity contribution in [2.24, 2.45) is 0 Å². The van der Waals surface area contributed by atoms with Crippen molar-refractivity contribution in [3.8, 4) is 0 Å². The van der Waals surface area contributed by atoms with Gasteiger partial charge in [0.05, 0.1) is 23.2 Å². The van der Waals surface area contributed by atoms with Crippen molar-refractivity contribution in [2.45, 2.75) is 24.7 Å². The first-order valence-corrected chi connectivity index (χ1v) is 4.68. The van der Waals surface area contributed by atoms with Gasteiger partial charge in [0.25, 0.3) is 0 Å². The van der Waals surface area contributed by atoms with Gasteiger partial charge in [0, 0.05) is 12.4 Å². The van der Waals surface area contributed by atoms with Crippen LogP contribution in [0.15, 0.2) is 12.4 Å². The number of fused-ring (bicyclic) bond motifs is 2. The van der Waals surface area contributed by atoms with E-state index in [0.29, 0.717) is 0 Å². The number of nitrogens with zero attached hydrogens (tertiary/aromatic N) is 2. The zero-order valence-corrected chi connectivity index (χ0v) is 7.43. The standard InChI is InChI=1S/C10H8N2O2/c13-9-5-1-2-6(10(9)14)8-7(5)11-3-4-12-8/h3-6H,1-2H2. The van der Waals surface area contributed by atoms with Crippen molar-refractivity contribution >= 4 is 11.6 Å². The molecule has 1 fully saturated rings. The Balaban J connectivity index is 2.27. The molecule has 4 rings (SSSR count). The minimum atomic E-state index is -0.309. The number of carbonyl (C=O) groups excluding carboxylic acids is 2. The summed E-state index contributed by atoms with van der Waals surface area (Å²) in [6.45, 7) is 0. The van der Waals surface area contributed by atoms with E-state index >= 15 is 0 Å². The van der Waals surface area contributed by atoms with Gasteiger partial charge in [-0.1, -0.05) is 0 Å². The normalized spacial score (nSPS) is 29.1. The number of Topliss-reactive ketones (excluding diaryl/α,β-unsaturated/α-hetero) is 2. The molecular formula is C10H8N2O2. The molecule has 0 aliphatic heterocycles. The lowest BCUT2D eigenvalue weighted by Gasteiger charge is -2.33. The summed E-state index contributed by atoms with van der Waals surface area (Å²) in [5, 5.41) is 0. The zero-order chi connectivity index (χ0) is 9.71. The Hall–Kier alpha value is -1.58. The molecule has 3 aliphatic carbocycles. The van der Waals surface area contributed by atoms with Gasteiger partial charge < -0.3 is 0 Å². The Labute approximate surface area is 80.4 Å². The first-order chi connectivity index (χ1) is 6.79. The second-order valence-electron chi connectivity index (χ2n) is 3.74. The largest absolute Gasteiger partial charge is 0.290 e. The second-order valence-corrected chi connectivity index (χ2v) is 3.74. The topological polar surface area (TPSA) is 59.9 Å². The van der Waals surface area contributed by atoms with Gasteiger partial charge in [-0.2, -0.15) is 0 Å². The van der Waals surface area contributed by atoms with Crippen LogP contribution in [0.25, 0.3) is 0 Å². The third kappa shape index (κ3) is 0.780. The molecule has 0 aromatic carbocycles. The Morgan fingerprint density at radius 1 is 0.929 bits per heavy atom. The van der Waals surface area contributed by atoms with Gasteiger partial charge in [0.2, 0.25) is 11.6 Å². The van der Waals surface area contributed by atoms with Crippen LogP contribution in [0.2, 0.25) is 0 Å². The fourth-order valence-corrected chi connectivity index (χ4v) is 2.36. The van der Waals surface area contributed by atoms with E-state index in [1.54, 1.807) is 12.4 Å². The predicted molar refractivity (Wildman–Crippen MR) is 46.8 cm³/mol. The van der Waals surface area contributed by atoms with Crippen LogP contribution in [0.4, 0.5) is 0 Å². The molecule has 2 bridgehead atoms. The van der Waals surface area contributed by atoms with Gasteiger partial charge in [0.15, 0.2) is 0 Å². The van der Waals surface area contributed by atoms with Crippen molar-refractivity contribution < 1.29 is 9.59 Å². The minimum Gasteiger partial charge on any atom is -0.290 e. The number of carbonyl (C=O) groups is 2. The summed E-state index contributed by atoms with van der Waals surface area (Å²) >= 11 is 0. The Morgan fingerprint density at radius 3 is 1.79 bits per heavy atom. The van der Waals surface area contributed by atoms with Crippen LogP contribution < -0.4 is 0 Å². The summed E-state index contributed by atoms with van der Waals surface area (Å²) < 4.78 is 0. The monoisotopic (exact) mass is 188 g/mol. The van der Waals surface area contributed by atoms with E-state index in [2.05, 4.69) is 9.97 Å². The molecule has 14 heavy (non-hydrogen) atoms. The maximum absolute atomic E-state index is 11.5. The van der Waals surface area contributed by atoms with E-state index in [1.165, 1.54) is 0 Å². The first kappa shape index (κ1) is 7.79. The first-order valence-electron chi connectivity index (χ1n) is 4.68. The number of hydrogen-bond acceptors (Lipinski definition) is 4. The fraction of sp³-hybridized carbons (Fsp3) is 0.400. The fourth-order valence-electron chi connectivity index (χ4n) is 2.36. The molecule has 0 spiro atoms. The van der Waals surface area contributed by atoms with E-state index in [0.717, 1.165) is 24.2 Å². The smallest absolute Gasteiger partial charge is 0.208 e. The molecular weight excluding hydrogens is 180 g/mol. The molecule has 0 saturated heterocycles. The molecule has 0 amide bonds. The van der Waals surface area contributed by atoms with E-state index < -0.39 is 0 Å². The summed E-state index contributed by atoms with van der Waals surface area (Å²) in [6, 6.07) is 0. The molecule has 1 aromatic rings. The molecule has 1 aromatic heterocycles. The Morgan fingerprint density at radius 2 is 1.36 bits per heavy atom. The molecule has 70 valence electrons. The van der Waals surface area contributed by atoms with Gasteiger partial charge in [-0.05, 0) is 12.8 Å². The maximum Gasteiger partial charge on any atom is 0.208 e. The molecule has 3 aliphatic rings. The van der Waals surface area contributed by atoms with Gasteiger partial charge in [-0.15, -0.1) is 0 Å². The molecule has 2 atom stereocenters. The lowest BCUT2D eigenvalue weighted by molar-refractivity contribution is -0.141. The number of rotatable bonds is 0. The molecule has 1 saturated carbocycles. The van der Waals surface area contributed by atoms with Crippen molar-refractivity contribution in [3.63, 3.8) is 0 Å². The van der Waals surface area contributed by atoms with Crippen LogP contribution in [0.3, 0.4) is 0 Å². The van der Waals surface area contributed by atoms with Crippen LogP contribution in [-0.4, -0.2) is 21.5 Å². The summed E-state index contributed by atoms with van der Waals surface area (Å²) in [5.74, 6) is -1.16. The van der Waals surface area contributed by atoms with Crippen molar-refractivity contribution in [3.05, 3.63) is 23.8 Å². The lowest BCUT2D eigenvalue weighted by Crippen LogP contribution is -2.40. The Kier molecular flexibility index (Phi) is 1.37. The zero-order valence-electron chi connectivity index (χ0n) is 7.43. The highest BCUT2D eigenvalue weighted by Gasteiger charge is 2.46. The molecule has 4 nitrogen and oxygen atoms in total. The minimum absolute atomic E-state index is 0.269. The molecule has 4 heteroatoms. The molecule has 0 radical (unpaired) electrons. The van der Waals surface area contributed by atoms with Crippen LogP contribution in [-0.2, 0) is 9.59 Å².